The van der Waals surface area contributed by atoms with Gasteiger partial charge in [-0.25, -0.2) is 4.79 Å². The smallest absolute Gasteiger partial charge is 0.340 e. The Morgan fingerprint density at radius 3 is 2.42 bits per heavy atom. The quantitative estimate of drug-likeness (QED) is 0.649. The van der Waals surface area contributed by atoms with E-state index in [2.05, 4.69) is 4.42 Å². The molecule has 0 unspecified atom stereocenters. The molecule has 1 heterocycles. The van der Waals surface area contributed by atoms with Crippen molar-refractivity contribution >= 4 is 16.1 Å². The fourth-order valence-corrected chi connectivity index (χ4v) is 1.26. The van der Waals surface area contributed by atoms with Crippen molar-refractivity contribution in [3.05, 3.63) is 17.9 Å². The lowest BCUT2D eigenvalue weighted by Crippen LogP contribution is -2.04. The number of carboxylic acid groups (broad SMARTS) is 1. The van der Waals surface area contributed by atoms with E-state index in [1.807, 2.05) is 0 Å². The maximum atomic E-state index is 10.4. The SMILES string of the molecule is O=C(O)c1ccoc1S(=O)(=O)O. The number of aromatic carboxylic acids is 1. The highest BCUT2D eigenvalue weighted by molar-refractivity contribution is 7.85. The van der Waals surface area contributed by atoms with Crippen LogP contribution in [0.5, 0.6) is 0 Å². The highest BCUT2D eigenvalue weighted by Crippen LogP contribution is 2.15. The van der Waals surface area contributed by atoms with Gasteiger partial charge in [-0.2, -0.15) is 8.42 Å². The Morgan fingerprint density at radius 1 is 1.50 bits per heavy atom. The van der Waals surface area contributed by atoms with Crippen LogP contribution in [0, 0.1) is 0 Å². The van der Waals surface area contributed by atoms with E-state index in [9.17, 15) is 13.2 Å². The van der Waals surface area contributed by atoms with Gasteiger partial charge in [-0.3, -0.25) is 4.55 Å². The summed E-state index contributed by atoms with van der Waals surface area (Å²) in [5, 5.41) is 7.43. The summed E-state index contributed by atoms with van der Waals surface area (Å²) in [4.78, 5) is 10.3. The van der Waals surface area contributed by atoms with Gasteiger partial charge in [0.1, 0.15) is 5.56 Å². The van der Waals surface area contributed by atoms with E-state index < -0.39 is 26.7 Å². The fraction of sp³-hybridized carbons (Fsp3) is 0. The lowest BCUT2D eigenvalue weighted by atomic mass is 10.3. The molecule has 2 N–H and O–H groups in total. The summed E-state index contributed by atoms with van der Waals surface area (Å²) in [7, 11) is -4.58. The topological polar surface area (TPSA) is 105 Å². The molecule has 0 bridgehead atoms. The van der Waals surface area contributed by atoms with Crippen molar-refractivity contribution in [2.24, 2.45) is 0 Å². The largest absolute Gasteiger partial charge is 0.478 e. The first-order chi connectivity index (χ1) is 5.43. The zero-order chi connectivity index (χ0) is 9.35. The third kappa shape index (κ3) is 1.46. The number of furan rings is 1. The zero-order valence-electron chi connectivity index (χ0n) is 5.59. The summed E-state index contributed by atoms with van der Waals surface area (Å²) in [6.45, 7) is 0. The number of carboxylic acids is 1. The minimum atomic E-state index is -4.58. The highest BCUT2D eigenvalue weighted by atomic mass is 32.2. The van der Waals surface area contributed by atoms with Gasteiger partial charge in [0.15, 0.2) is 0 Å². The normalized spacial score (nSPS) is 11.4. The molecule has 0 fully saturated rings. The van der Waals surface area contributed by atoms with E-state index in [0.717, 1.165) is 12.3 Å². The van der Waals surface area contributed by atoms with Gasteiger partial charge in [-0.05, 0) is 6.07 Å². The second-order valence-corrected chi connectivity index (χ2v) is 3.22. The summed E-state index contributed by atoms with van der Waals surface area (Å²) >= 11 is 0. The van der Waals surface area contributed by atoms with Crippen LogP contribution in [0.1, 0.15) is 10.4 Å². The number of hydrogen-bond acceptors (Lipinski definition) is 4. The van der Waals surface area contributed by atoms with Gasteiger partial charge in [-0.1, -0.05) is 0 Å². The molecule has 0 spiro atoms. The molecular formula is C5H4O6S. The van der Waals surface area contributed by atoms with Gasteiger partial charge in [0.2, 0.25) is 0 Å². The van der Waals surface area contributed by atoms with Gasteiger partial charge in [-0.15, -0.1) is 0 Å². The number of hydrogen-bond donors (Lipinski definition) is 2. The van der Waals surface area contributed by atoms with Crippen LogP contribution < -0.4 is 0 Å². The Labute approximate surface area is 67.2 Å². The molecule has 6 nitrogen and oxygen atoms in total. The van der Waals surface area contributed by atoms with Crippen molar-refractivity contribution < 1.29 is 27.3 Å². The van der Waals surface area contributed by atoms with Crippen LogP contribution in [0.3, 0.4) is 0 Å². The Hall–Kier alpha value is -1.34. The maximum Gasteiger partial charge on any atom is 0.340 e. The first kappa shape index (κ1) is 8.75. The first-order valence-electron chi connectivity index (χ1n) is 2.71. The molecule has 1 aromatic rings. The molecule has 0 aliphatic carbocycles. The van der Waals surface area contributed by atoms with E-state index in [-0.39, 0.29) is 0 Å². The van der Waals surface area contributed by atoms with Crippen molar-refractivity contribution in [1.29, 1.82) is 0 Å². The molecule has 0 aliphatic heterocycles. The predicted octanol–water partition coefficient (Wildman–Crippen LogP) is 0.225. The van der Waals surface area contributed by atoms with Crippen LogP contribution in [0.15, 0.2) is 21.8 Å². The minimum absolute atomic E-state index is 0.586. The van der Waals surface area contributed by atoms with Gasteiger partial charge in [0, 0.05) is 0 Å². The molecular weight excluding hydrogens is 188 g/mol. The van der Waals surface area contributed by atoms with E-state index in [0.29, 0.717) is 0 Å². The van der Waals surface area contributed by atoms with Gasteiger partial charge in [0.05, 0.1) is 6.26 Å². The van der Waals surface area contributed by atoms with Crippen LogP contribution in [-0.2, 0) is 10.1 Å². The zero-order valence-corrected chi connectivity index (χ0v) is 6.41. The third-order valence-electron chi connectivity index (χ3n) is 1.09. The van der Waals surface area contributed by atoms with Gasteiger partial charge >= 0.3 is 16.1 Å². The molecule has 0 amide bonds. The minimum Gasteiger partial charge on any atom is -0.478 e. The molecule has 0 saturated carbocycles. The second kappa shape index (κ2) is 2.61. The molecule has 0 aliphatic rings. The van der Waals surface area contributed by atoms with E-state index in [1.54, 1.807) is 0 Å². The third-order valence-corrected chi connectivity index (χ3v) is 1.88. The molecule has 1 aromatic heterocycles. The summed E-state index contributed by atoms with van der Waals surface area (Å²) in [5.41, 5.74) is -0.586. The van der Waals surface area contributed by atoms with Crippen molar-refractivity contribution in [2.45, 2.75) is 5.09 Å². The van der Waals surface area contributed by atoms with Crippen molar-refractivity contribution in [2.75, 3.05) is 0 Å². The lowest BCUT2D eigenvalue weighted by Gasteiger charge is -1.91. The Morgan fingerprint density at radius 2 is 2.08 bits per heavy atom. The summed E-state index contributed by atoms with van der Waals surface area (Å²) < 4.78 is 33.5. The van der Waals surface area contributed by atoms with Crippen LogP contribution in [0.4, 0.5) is 0 Å². The van der Waals surface area contributed by atoms with Crippen molar-refractivity contribution in [1.82, 2.24) is 0 Å². The first-order valence-corrected chi connectivity index (χ1v) is 4.15. The van der Waals surface area contributed by atoms with Crippen LogP contribution >= 0.6 is 0 Å². The summed E-state index contributed by atoms with van der Waals surface area (Å²) in [6, 6.07) is 0.936. The molecule has 12 heavy (non-hydrogen) atoms. The van der Waals surface area contributed by atoms with Crippen molar-refractivity contribution in [3.63, 3.8) is 0 Å². The van der Waals surface area contributed by atoms with Crippen molar-refractivity contribution in [3.8, 4) is 0 Å². The summed E-state index contributed by atoms with van der Waals surface area (Å²) in [6.07, 6.45) is 0.868. The molecule has 1 rings (SSSR count). The lowest BCUT2D eigenvalue weighted by molar-refractivity contribution is 0.0689. The van der Waals surface area contributed by atoms with Crippen LogP contribution in [-0.4, -0.2) is 24.0 Å². The second-order valence-electron chi connectivity index (χ2n) is 1.90. The molecule has 0 saturated heterocycles. The number of rotatable bonds is 2. The maximum absolute atomic E-state index is 10.4. The van der Waals surface area contributed by atoms with E-state index in [4.69, 9.17) is 9.66 Å². The Kier molecular flexibility index (Phi) is 1.90. The van der Waals surface area contributed by atoms with Crippen LogP contribution in [0.2, 0.25) is 0 Å². The fourth-order valence-electron chi connectivity index (χ4n) is 0.654. The molecule has 66 valence electrons. The summed E-state index contributed by atoms with van der Waals surface area (Å²) in [5.74, 6) is -1.48. The number of carbonyl (C=O) groups is 1. The predicted molar refractivity (Wildman–Crippen MR) is 35.5 cm³/mol. The average Bonchev–Trinajstić information content (AvgIpc) is 2.30. The molecule has 7 heteroatoms. The monoisotopic (exact) mass is 192 g/mol. The molecule has 0 radical (unpaired) electrons. The Balaban J connectivity index is 3.36. The average molecular weight is 192 g/mol. The van der Waals surface area contributed by atoms with Crippen LogP contribution in [0.25, 0.3) is 0 Å². The molecule has 0 atom stereocenters. The highest BCUT2D eigenvalue weighted by Gasteiger charge is 2.23. The van der Waals surface area contributed by atoms with E-state index >= 15 is 0 Å². The molecule has 0 aromatic carbocycles. The Bertz CT molecular complexity index is 399. The van der Waals surface area contributed by atoms with Gasteiger partial charge < -0.3 is 9.52 Å². The van der Waals surface area contributed by atoms with Gasteiger partial charge in [0.25, 0.3) is 5.09 Å². The van der Waals surface area contributed by atoms with E-state index in [1.165, 1.54) is 0 Å². The standard InChI is InChI=1S/C5H4O6S/c6-4(7)3-1-2-11-5(3)12(8,9)10/h1-2H,(H,6,7)(H,8,9,10).